The first-order valence-electron chi connectivity index (χ1n) is 5.29. The highest BCUT2D eigenvalue weighted by Crippen LogP contribution is 2.22. The smallest absolute Gasteiger partial charge is 0.122 e. The van der Waals surface area contributed by atoms with E-state index >= 15 is 0 Å². The number of nitrogens with one attached hydrogen (secondary N) is 1. The van der Waals surface area contributed by atoms with Crippen LogP contribution in [-0.4, -0.2) is 12.9 Å². The van der Waals surface area contributed by atoms with Crippen molar-refractivity contribution in [3.8, 4) is 16.9 Å². The number of benzene rings is 2. The fraction of sp³-hybridized carbons (Fsp3) is 0.0714. The Hall–Kier alpha value is -2.29. The van der Waals surface area contributed by atoms with Crippen LogP contribution in [0.15, 0.2) is 48.5 Å². The van der Waals surface area contributed by atoms with Gasteiger partial charge < -0.3 is 10.5 Å². The summed E-state index contributed by atoms with van der Waals surface area (Å²) in [6.07, 6.45) is 0. The molecule has 2 aromatic rings. The van der Waals surface area contributed by atoms with E-state index in [0.29, 0.717) is 0 Å². The monoisotopic (exact) mass is 226 g/mol. The lowest BCUT2D eigenvalue weighted by Gasteiger charge is -2.05. The molecule has 2 aromatic carbocycles. The van der Waals surface area contributed by atoms with E-state index in [0.717, 1.165) is 22.4 Å². The third-order valence-electron chi connectivity index (χ3n) is 2.60. The van der Waals surface area contributed by atoms with Crippen LogP contribution < -0.4 is 10.5 Å². The zero-order valence-electron chi connectivity index (χ0n) is 9.60. The molecule has 0 fully saturated rings. The Morgan fingerprint density at radius 2 is 1.76 bits per heavy atom. The van der Waals surface area contributed by atoms with Gasteiger partial charge in [0.2, 0.25) is 0 Å². The van der Waals surface area contributed by atoms with E-state index in [1.807, 2.05) is 48.5 Å². The molecule has 3 N–H and O–H groups in total. The van der Waals surface area contributed by atoms with Crippen molar-refractivity contribution >= 4 is 5.84 Å². The Labute approximate surface area is 100 Å². The van der Waals surface area contributed by atoms with Crippen molar-refractivity contribution in [1.29, 1.82) is 5.41 Å². The average molecular weight is 226 g/mol. The fourth-order valence-electron chi connectivity index (χ4n) is 1.65. The van der Waals surface area contributed by atoms with Crippen LogP contribution in [0.4, 0.5) is 0 Å². The van der Waals surface area contributed by atoms with Gasteiger partial charge in [0, 0.05) is 5.56 Å². The Bertz CT molecular complexity index is 532. The van der Waals surface area contributed by atoms with Gasteiger partial charge in [-0.25, -0.2) is 0 Å². The van der Waals surface area contributed by atoms with Crippen molar-refractivity contribution < 1.29 is 4.74 Å². The molecule has 3 heteroatoms. The van der Waals surface area contributed by atoms with Crippen molar-refractivity contribution in [2.24, 2.45) is 5.73 Å². The Morgan fingerprint density at radius 1 is 1.06 bits per heavy atom. The molecule has 0 amide bonds. The molecular weight excluding hydrogens is 212 g/mol. The molecule has 0 radical (unpaired) electrons. The summed E-state index contributed by atoms with van der Waals surface area (Å²) in [6.45, 7) is 0. The number of ether oxygens (including phenoxy) is 1. The van der Waals surface area contributed by atoms with Gasteiger partial charge in [-0.15, -0.1) is 0 Å². The minimum Gasteiger partial charge on any atom is -0.497 e. The SMILES string of the molecule is COc1ccc(-c2cccc(C(=N)N)c2)cc1. The Kier molecular flexibility index (Phi) is 3.10. The zero-order chi connectivity index (χ0) is 12.3. The third-order valence-corrected chi connectivity index (χ3v) is 2.60. The zero-order valence-corrected chi connectivity index (χ0v) is 9.60. The molecule has 0 aliphatic heterocycles. The number of rotatable bonds is 3. The lowest BCUT2D eigenvalue weighted by molar-refractivity contribution is 0.415. The molecule has 0 heterocycles. The second kappa shape index (κ2) is 4.70. The molecular formula is C14H14N2O. The van der Waals surface area contributed by atoms with Gasteiger partial charge in [0.1, 0.15) is 11.6 Å². The predicted octanol–water partition coefficient (Wildman–Crippen LogP) is 2.65. The van der Waals surface area contributed by atoms with Crippen LogP contribution in [0.25, 0.3) is 11.1 Å². The summed E-state index contributed by atoms with van der Waals surface area (Å²) in [4.78, 5) is 0. The number of amidine groups is 1. The number of methoxy groups -OCH3 is 1. The Morgan fingerprint density at radius 3 is 2.35 bits per heavy atom. The maximum Gasteiger partial charge on any atom is 0.122 e. The third kappa shape index (κ3) is 2.45. The normalized spacial score (nSPS) is 9.94. The minimum absolute atomic E-state index is 0.0837. The molecule has 0 saturated heterocycles. The lowest BCUT2D eigenvalue weighted by Crippen LogP contribution is -2.10. The summed E-state index contributed by atoms with van der Waals surface area (Å²) in [6, 6.07) is 15.4. The van der Waals surface area contributed by atoms with E-state index in [-0.39, 0.29) is 5.84 Å². The van der Waals surface area contributed by atoms with Crippen LogP contribution in [0, 0.1) is 5.41 Å². The maximum atomic E-state index is 7.42. The highest BCUT2D eigenvalue weighted by molar-refractivity contribution is 5.96. The molecule has 17 heavy (non-hydrogen) atoms. The second-order valence-electron chi connectivity index (χ2n) is 3.72. The topological polar surface area (TPSA) is 59.1 Å². The van der Waals surface area contributed by atoms with Crippen LogP contribution in [0.1, 0.15) is 5.56 Å². The molecule has 2 rings (SSSR count). The van der Waals surface area contributed by atoms with Gasteiger partial charge in [-0.2, -0.15) is 0 Å². The molecule has 0 spiro atoms. The van der Waals surface area contributed by atoms with E-state index < -0.39 is 0 Å². The molecule has 0 unspecified atom stereocenters. The van der Waals surface area contributed by atoms with Gasteiger partial charge in [0.05, 0.1) is 7.11 Å². The first-order chi connectivity index (χ1) is 8.20. The first-order valence-corrected chi connectivity index (χ1v) is 5.29. The Balaban J connectivity index is 2.38. The summed E-state index contributed by atoms with van der Waals surface area (Å²) in [5.74, 6) is 0.914. The van der Waals surface area contributed by atoms with Gasteiger partial charge >= 0.3 is 0 Å². The highest BCUT2D eigenvalue weighted by Gasteiger charge is 2.01. The van der Waals surface area contributed by atoms with Crippen molar-refractivity contribution in [2.45, 2.75) is 0 Å². The van der Waals surface area contributed by atoms with Crippen LogP contribution in [-0.2, 0) is 0 Å². The van der Waals surface area contributed by atoms with Crippen molar-refractivity contribution in [3.05, 3.63) is 54.1 Å². The minimum atomic E-state index is 0.0837. The summed E-state index contributed by atoms with van der Waals surface area (Å²) >= 11 is 0. The summed E-state index contributed by atoms with van der Waals surface area (Å²) in [7, 11) is 1.64. The van der Waals surface area contributed by atoms with E-state index in [1.165, 1.54) is 0 Å². The molecule has 0 aromatic heterocycles. The molecule has 0 saturated carbocycles. The average Bonchev–Trinajstić information content (AvgIpc) is 2.39. The molecule has 86 valence electrons. The largest absolute Gasteiger partial charge is 0.497 e. The van der Waals surface area contributed by atoms with Gasteiger partial charge in [0.15, 0.2) is 0 Å². The summed E-state index contributed by atoms with van der Waals surface area (Å²) < 4.78 is 5.11. The summed E-state index contributed by atoms with van der Waals surface area (Å²) in [5, 5.41) is 7.42. The van der Waals surface area contributed by atoms with Crippen LogP contribution in [0.5, 0.6) is 5.75 Å². The fourth-order valence-corrected chi connectivity index (χ4v) is 1.65. The lowest BCUT2D eigenvalue weighted by atomic mass is 10.0. The number of nitrogen functional groups attached to an aromatic ring is 1. The number of hydrogen-bond donors (Lipinski definition) is 2. The van der Waals surface area contributed by atoms with Crippen LogP contribution in [0.2, 0.25) is 0 Å². The van der Waals surface area contributed by atoms with Crippen molar-refractivity contribution in [3.63, 3.8) is 0 Å². The number of nitrogens with two attached hydrogens (primary N) is 1. The number of hydrogen-bond acceptors (Lipinski definition) is 2. The van der Waals surface area contributed by atoms with Gasteiger partial charge in [-0.05, 0) is 29.3 Å². The van der Waals surface area contributed by atoms with Crippen LogP contribution >= 0.6 is 0 Å². The highest BCUT2D eigenvalue weighted by atomic mass is 16.5. The quantitative estimate of drug-likeness (QED) is 0.624. The van der Waals surface area contributed by atoms with Crippen molar-refractivity contribution in [1.82, 2.24) is 0 Å². The molecule has 0 aliphatic carbocycles. The van der Waals surface area contributed by atoms with E-state index in [4.69, 9.17) is 15.9 Å². The van der Waals surface area contributed by atoms with Gasteiger partial charge in [-0.1, -0.05) is 30.3 Å². The maximum absolute atomic E-state index is 7.42. The molecule has 0 atom stereocenters. The summed E-state index contributed by atoms with van der Waals surface area (Å²) in [5.41, 5.74) is 8.32. The standard InChI is InChI=1S/C14H14N2O/c1-17-13-7-5-10(6-8-13)11-3-2-4-12(9-11)14(15)16/h2-9H,1H3,(H3,15,16). The van der Waals surface area contributed by atoms with Gasteiger partial charge in [0.25, 0.3) is 0 Å². The van der Waals surface area contributed by atoms with E-state index in [1.54, 1.807) is 7.11 Å². The molecule has 0 bridgehead atoms. The van der Waals surface area contributed by atoms with Crippen molar-refractivity contribution in [2.75, 3.05) is 7.11 Å². The predicted molar refractivity (Wildman–Crippen MR) is 69.4 cm³/mol. The van der Waals surface area contributed by atoms with Crippen LogP contribution in [0.3, 0.4) is 0 Å². The van der Waals surface area contributed by atoms with E-state index in [2.05, 4.69) is 0 Å². The van der Waals surface area contributed by atoms with E-state index in [9.17, 15) is 0 Å². The first kappa shape index (κ1) is 11.2. The van der Waals surface area contributed by atoms with Gasteiger partial charge in [-0.3, -0.25) is 5.41 Å². The molecule has 0 aliphatic rings. The molecule has 3 nitrogen and oxygen atoms in total. The second-order valence-corrected chi connectivity index (χ2v) is 3.72.